The van der Waals surface area contributed by atoms with Gasteiger partial charge in [-0.25, -0.2) is 0 Å². The molecular weight excluding hydrogens is 210 g/mol. The van der Waals surface area contributed by atoms with Crippen LogP contribution in [0.5, 0.6) is 0 Å². The van der Waals surface area contributed by atoms with Gasteiger partial charge in [0.2, 0.25) is 0 Å². The second kappa shape index (κ2) is 4.67. The Labute approximate surface area is 103 Å². The van der Waals surface area contributed by atoms with Gasteiger partial charge in [-0.05, 0) is 36.9 Å². The molecule has 0 bridgehead atoms. The Kier molecular flexibility index (Phi) is 3.04. The first kappa shape index (κ1) is 11.1. The van der Waals surface area contributed by atoms with Gasteiger partial charge in [-0.15, -0.1) is 0 Å². The molecule has 2 heterocycles. The molecule has 1 fully saturated rings. The maximum absolute atomic E-state index is 6.02. The smallest absolute Gasteiger partial charge is 0.0453 e. The van der Waals surface area contributed by atoms with Gasteiger partial charge in [-0.1, -0.05) is 18.2 Å². The number of nitrogens with zero attached hydrogens (tertiary/aromatic N) is 1. The van der Waals surface area contributed by atoms with Crippen molar-refractivity contribution in [2.45, 2.75) is 18.9 Å². The summed E-state index contributed by atoms with van der Waals surface area (Å²) >= 11 is 0. The number of nitrogens with two attached hydrogens (primary N) is 1. The first-order chi connectivity index (χ1) is 8.40. The molecule has 1 aromatic rings. The maximum atomic E-state index is 6.02. The van der Waals surface area contributed by atoms with E-state index in [2.05, 4.69) is 34.5 Å². The summed E-state index contributed by atoms with van der Waals surface area (Å²) in [5, 5.41) is 3.45. The Morgan fingerprint density at radius 2 is 2.29 bits per heavy atom. The number of anilines is 1. The van der Waals surface area contributed by atoms with Crippen molar-refractivity contribution in [2.75, 3.05) is 31.1 Å². The minimum Gasteiger partial charge on any atom is -0.366 e. The lowest BCUT2D eigenvalue weighted by Crippen LogP contribution is -2.45. The summed E-state index contributed by atoms with van der Waals surface area (Å²) in [5.74, 6) is 0.714. The zero-order valence-electron chi connectivity index (χ0n) is 10.2. The Hall–Kier alpha value is -1.06. The van der Waals surface area contributed by atoms with E-state index in [-0.39, 0.29) is 0 Å². The summed E-state index contributed by atoms with van der Waals surface area (Å²) in [5.41, 5.74) is 8.92. The zero-order valence-corrected chi connectivity index (χ0v) is 10.2. The van der Waals surface area contributed by atoms with Crippen LogP contribution in [0.2, 0.25) is 0 Å². The van der Waals surface area contributed by atoms with E-state index in [0.717, 1.165) is 26.2 Å². The number of nitrogens with one attached hydrogen (secondary N) is 1. The molecule has 0 radical (unpaired) electrons. The van der Waals surface area contributed by atoms with E-state index < -0.39 is 0 Å². The van der Waals surface area contributed by atoms with E-state index in [1.807, 2.05) is 0 Å². The van der Waals surface area contributed by atoms with Crippen molar-refractivity contribution in [2.24, 2.45) is 11.7 Å². The predicted octanol–water partition coefficient (Wildman–Crippen LogP) is 0.986. The highest BCUT2D eigenvalue weighted by molar-refractivity contribution is 5.58. The molecule has 0 spiro atoms. The fourth-order valence-electron chi connectivity index (χ4n) is 3.29. The number of rotatable bonds is 3. The van der Waals surface area contributed by atoms with Gasteiger partial charge in [0, 0.05) is 31.4 Å². The quantitative estimate of drug-likeness (QED) is 0.815. The van der Waals surface area contributed by atoms with Gasteiger partial charge in [-0.2, -0.15) is 0 Å². The molecule has 2 aliphatic rings. The second-order valence-electron chi connectivity index (χ2n) is 5.13. The number of fused-ring (bicyclic) bond motifs is 1. The molecule has 0 amide bonds. The highest BCUT2D eigenvalue weighted by atomic mass is 15.2. The minimum absolute atomic E-state index is 0.508. The fourth-order valence-corrected chi connectivity index (χ4v) is 3.29. The largest absolute Gasteiger partial charge is 0.366 e. The number of benzene rings is 1. The van der Waals surface area contributed by atoms with Crippen LogP contribution >= 0.6 is 0 Å². The van der Waals surface area contributed by atoms with Gasteiger partial charge in [0.25, 0.3) is 0 Å². The van der Waals surface area contributed by atoms with Crippen LogP contribution in [-0.4, -0.2) is 32.2 Å². The van der Waals surface area contributed by atoms with Crippen LogP contribution in [0.15, 0.2) is 24.3 Å². The van der Waals surface area contributed by atoms with E-state index in [9.17, 15) is 0 Å². The van der Waals surface area contributed by atoms with E-state index >= 15 is 0 Å². The molecule has 3 heteroatoms. The summed E-state index contributed by atoms with van der Waals surface area (Å²) in [6.07, 6.45) is 2.44. The van der Waals surface area contributed by atoms with Gasteiger partial charge in [0.1, 0.15) is 0 Å². The molecule has 17 heavy (non-hydrogen) atoms. The summed E-state index contributed by atoms with van der Waals surface area (Å²) < 4.78 is 0. The molecular formula is C14H21N3. The summed E-state index contributed by atoms with van der Waals surface area (Å²) in [6.45, 7) is 4.18. The van der Waals surface area contributed by atoms with Crippen molar-refractivity contribution in [1.82, 2.24) is 5.32 Å². The third kappa shape index (κ3) is 1.94. The third-order valence-electron chi connectivity index (χ3n) is 4.21. The maximum Gasteiger partial charge on any atom is 0.0453 e. The SMILES string of the molecule is NCC(C1CCNC1)N1CCc2ccccc21. The fraction of sp³-hybridized carbons (Fsp3) is 0.571. The molecule has 2 aliphatic heterocycles. The summed E-state index contributed by atoms with van der Waals surface area (Å²) in [7, 11) is 0. The molecule has 3 N–H and O–H groups in total. The zero-order chi connectivity index (χ0) is 11.7. The van der Waals surface area contributed by atoms with Crippen LogP contribution in [0, 0.1) is 5.92 Å². The summed E-state index contributed by atoms with van der Waals surface area (Å²) in [6, 6.07) is 9.27. The van der Waals surface area contributed by atoms with Gasteiger partial charge < -0.3 is 16.0 Å². The molecule has 92 valence electrons. The molecule has 0 aliphatic carbocycles. The standard InChI is InChI=1S/C14H21N3/c15-9-14(12-5-7-16-10-12)17-8-6-11-3-1-2-4-13(11)17/h1-4,12,14,16H,5-10,15H2. The van der Waals surface area contributed by atoms with Crippen LogP contribution in [0.4, 0.5) is 5.69 Å². The lowest BCUT2D eigenvalue weighted by atomic mass is 9.97. The van der Waals surface area contributed by atoms with Crippen molar-refractivity contribution < 1.29 is 0 Å². The van der Waals surface area contributed by atoms with Crippen LogP contribution < -0.4 is 16.0 Å². The molecule has 3 rings (SSSR count). The molecule has 1 aromatic carbocycles. The first-order valence-electron chi connectivity index (χ1n) is 6.65. The number of hydrogen-bond donors (Lipinski definition) is 2. The average molecular weight is 231 g/mol. The van der Waals surface area contributed by atoms with E-state index in [1.54, 1.807) is 0 Å². The van der Waals surface area contributed by atoms with Gasteiger partial charge >= 0.3 is 0 Å². The lowest BCUT2D eigenvalue weighted by molar-refractivity contribution is 0.435. The molecule has 3 nitrogen and oxygen atoms in total. The van der Waals surface area contributed by atoms with E-state index in [4.69, 9.17) is 5.73 Å². The van der Waals surface area contributed by atoms with Crippen molar-refractivity contribution >= 4 is 5.69 Å². The molecule has 0 aromatic heterocycles. The van der Waals surface area contributed by atoms with Crippen molar-refractivity contribution in [3.05, 3.63) is 29.8 Å². The van der Waals surface area contributed by atoms with Gasteiger partial charge in [0.15, 0.2) is 0 Å². The third-order valence-corrected chi connectivity index (χ3v) is 4.21. The first-order valence-corrected chi connectivity index (χ1v) is 6.65. The van der Waals surface area contributed by atoms with Gasteiger partial charge in [0.05, 0.1) is 0 Å². The predicted molar refractivity (Wildman–Crippen MR) is 71.3 cm³/mol. The minimum atomic E-state index is 0.508. The highest BCUT2D eigenvalue weighted by Gasteiger charge is 2.32. The number of hydrogen-bond acceptors (Lipinski definition) is 3. The van der Waals surface area contributed by atoms with Crippen molar-refractivity contribution in [1.29, 1.82) is 0 Å². The topological polar surface area (TPSA) is 41.3 Å². The number of para-hydroxylation sites is 1. The second-order valence-corrected chi connectivity index (χ2v) is 5.13. The molecule has 2 atom stereocenters. The van der Waals surface area contributed by atoms with E-state index in [1.165, 1.54) is 24.1 Å². The van der Waals surface area contributed by atoms with Crippen LogP contribution in [0.3, 0.4) is 0 Å². The molecule has 2 unspecified atom stereocenters. The molecule has 1 saturated heterocycles. The Morgan fingerprint density at radius 1 is 1.41 bits per heavy atom. The van der Waals surface area contributed by atoms with E-state index in [0.29, 0.717) is 12.0 Å². The summed E-state index contributed by atoms with van der Waals surface area (Å²) in [4.78, 5) is 2.53. The monoisotopic (exact) mass is 231 g/mol. The van der Waals surface area contributed by atoms with Crippen molar-refractivity contribution in [3.8, 4) is 0 Å². The average Bonchev–Trinajstić information content (AvgIpc) is 3.01. The normalized spacial score (nSPS) is 25.0. The Morgan fingerprint density at radius 3 is 3.06 bits per heavy atom. The van der Waals surface area contributed by atoms with Crippen molar-refractivity contribution in [3.63, 3.8) is 0 Å². The highest BCUT2D eigenvalue weighted by Crippen LogP contribution is 2.32. The lowest BCUT2D eigenvalue weighted by Gasteiger charge is -2.33. The van der Waals surface area contributed by atoms with Crippen LogP contribution in [0.1, 0.15) is 12.0 Å². The van der Waals surface area contributed by atoms with Crippen LogP contribution in [0.25, 0.3) is 0 Å². The Balaban J connectivity index is 1.84. The Bertz CT molecular complexity index is 385. The van der Waals surface area contributed by atoms with Gasteiger partial charge in [-0.3, -0.25) is 0 Å². The molecule has 0 saturated carbocycles. The van der Waals surface area contributed by atoms with Crippen LogP contribution in [-0.2, 0) is 6.42 Å².